The van der Waals surface area contributed by atoms with Crippen LogP contribution in [0.5, 0.6) is 0 Å². The summed E-state index contributed by atoms with van der Waals surface area (Å²) >= 11 is 0. The highest BCUT2D eigenvalue weighted by Gasteiger charge is 2.46. The van der Waals surface area contributed by atoms with Gasteiger partial charge >= 0.3 is 0 Å². The van der Waals surface area contributed by atoms with Crippen molar-refractivity contribution < 1.29 is 24.0 Å². The third-order valence-electron chi connectivity index (χ3n) is 5.29. The number of hydrogen-bond donors (Lipinski definition) is 3. The van der Waals surface area contributed by atoms with E-state index in [1.165, 1.54) is 12.7 Å². The number of nitrogens with one attached hydrogen (secondary N) is 1. The van der Waals surface area contributed by atoms with Crippen LogP contribution in [0.1, 0.15) is 46.8 Å². The third kappa shape index (κ3) is 4.46. The number of aromatic nitrogens is 4. The minimum atomic E-state index is -2.23. The van der Waals surface area contributed by atoms with E-state index in [4.69, 9.17) is 9.26 Å². The molecule has 0 amide bonds. The normalized spacial score (nSPS) is 27.3. The quantitative estimate of drug-likeness (QED) is 0.541. The van der Waals surface area contributed by atoms with Crippen LogP contribution in [0.15, 0.2) is 12.7 Å². The molecule has 0 spiro atoms. The van der Waals surface area contributed by atoms with E-state index in [1.807, 2.05) is 27.7 Å². The van der Waals surface area contributed by atoms with Gasteiger partial charge in [-0.3, -0.25) is 9.13 Å². The largest absolute Gasteiger partial charge is 0.388 e. The molecule has 1 fully saturated rings. The van der Waals surface area contributed by atoms with Crippen LogP contribution in [0.3, 0.4) is 0 Å². The molecule has 0 saturated carbocycles. The Kier molecular flexibility index (Phi) is 6.60. The van der Waals surface area contributed by atoms with Crippen molar-refractivity contribution in [3.8, 4) is 0 Å². The first kappa shape index (κ1) is 22.1. The molecule has 1 aliphatic rings. The molecule has 11 heteroatoms. The van der Waals surface area contributed by atoms with Gasteiger partial charge in [-0.15, -0.1) is 0 Å². The Bertz CT molecular complexity index is 875. The van der Waals surface area contributed by atoms with Gasteiger partial charge in [-0.25, -0.2) is 15.0 Å². The number of imidazole rings is 1. The number of hydrogen-bond acceptors (Lipinski definition) is 9. The van der Waals surface area contributed by atoms with E-state index in [0.717, 1.165) is 6.42 Å². The Morgan fingerprint density at radius 1 is 1.34 bits per heavy atom. The molecule has 3 unspecified atom stereocenters. The number of rotatable bonds is 8. The SMILES string of the molecule is CCC(C)[PH](=O)OC(C)(C)C[C@H]1O[C@H](n2cnc3c(NC)ncnc32)[C@H](O)C1O. The van der Waals surface area contributed by atoms with Crippen molar-refractivity contribution >= 4 is 25.0 Å². The maximum atomic E-state index is 12.3. The predicted molar refractivity (Wildman–Crippen MR) is 109 cm³/mol. The van der Waals surface area contributed by atoms with Crippen molar-refractivity contribution in [1.82, 2.24) is 19.5 Å². The van der Waals surface area contributed by atoms with Crippen LogP contribution in [0.25, 0.3) is 11.2 Å². The highest BCUT2D eigenvalue weighted by Crippen LogP contribution is 2.41. The van der Waals surface area contributed by atoms with Gasteiger partial charge < -0.3 is 24.8 Å². The topological polar surface area (TPSA) is 132 Å². The molecule has 162 valence electrons. The maximum absolute atomic E-state index is 12.3. The fourth-order valence-electron chi connectivity index (χ4n) is 3.41. The average Bonchev–Trinajstić information content (AvgIpc) is 3.22. The molecule has 3 rings (SSSR count). The fraction of sp³-hybridized carbons (Fsp3) is 0.722. The molecule has 0 radical (unpaired) electrons. The van der Waals surface area contributed by atoms with Crippen LogP contribution >= 0.6 is 8.03 Å². The zero-order valence-electron chi connectivity index (χ0n) is 17.4. The Morgan fingerprint density at radius 3 is 2.72 bits per heavy atom. The summed E-state index contributed by atoms with van der Waals surface area (Å²) in [5.41, 5.74) is 0.224. The first-order valence-corrected chi connectivity index (χ1v) is 11.2. The van der Waals surface area contributed by atoms with Crippen LogP contribution < -0.4 is 5.32 Å². The lowest BCUT2D eigenvalue weighted by molar-refractivity contribution is -0.0578. The fourth-order valence-corrected chi connectivity index (χ4v) is 4.58. The van der Waals surface area contributed by atoms with E-state index in [9.17, 15) is 14.8 Å². The van der Waals surface area contributed by atoms with Crippen LogP contribution in [-0.2, 0) is 13.8 Å². The van der Waals surface area contributed by atoms with Gasteiger partial charge in [0.25, 0.3) is 0 Å². The van der Waals surface area contributed by atoms with Gasteiger partial charge in [-0.2, -0.15) is 0 Å². The van der Waals surface area contributed by atoms with Gasteiger partial charge in [0.2, 0.25) is 0 Å². The molecule has 10 nitrogen and oxygen atoms in total. The Balaban J connectivity index is 1.78. The molecule has 0 aromatic carbocycles. The van der Waals surface area contributed by atoms with E-state index in [-0.39, 0.29) is 12.1 Å². The zero-order chi connectivity index (χ0) is 21.3. The van der Waals surface area contributed by atoms with Crippen LogP contribution in [0, 0.1) is 0 Å². The molecule has 2 aromatic heterocycles. The molecule has 3 N–H and O–H groups in total. The first-order valence-electron chi connectivity index (χ1n) is 9.78. The Morgan fingerprint density at radius 2 is 2.07 bits per heavy atom. The van der Waals surface area contributed by atoms with Crippen LogP contribution in [0.2, 0.25) is 0 Å². The number of aliphatic hydroxyl groups is 2. The number of anilines is 1. The summed E-state index contributed by atoms with van der Waals surface area (Å²) in [6.07, 6.45) is 0.0864. The van der Waals surface area contributed by atoms with Crippen LogP contribution in [0.4, 0.5) is 5.82 Å². The monoisotopic (exact) mass is 427 g/mol. The Hall–Kier alpha value is -1.58. The van der Waals surface area contributed by atoms with E-state index < -0.39 is 38.2 Å². The van der Waals surface area contributed by atoms with E-state index in [1.54, 1.807) is 11.6 Å². The van der Waals surface area contributed by atoms with Gasteiger partial charge in [0.1, 0.15) is 24.1 Å². The van der Waals surface area contributed by atoms with E-state index >= 15 is 0 Å². The molecular formula is C18H30N5O5P. The van der Waals surface area contributed by atoms with E-state index in [0.29, 0.717) is 17.0 Å². The van der Waals surface area contributed by atoms with Crippen molar-refractivity contribution in [3.63, 3.8) is 0 Å². The molecular weight excluding hydrogens is 397 g/mol. The van der Waals surface area contributed by atoms with Crippen LogP contribution in [-0.4, -0.2) is 66.4 Å². The number of nitrogens with zero attached hydrogens (tertiary/aromatic N) is 4. The lowest BCUT2D eigenvalue weighted by atomic mass is 9.97. The minimum Gasteiger partial charge on any atom is -0.388 e. The van der Waals surface area contributed by atoms with Crippen molar-refractivity contribution in [1.29, 1.82) is 0 Å². The lowest BCUT2D eigenvalue weighted by Gasteiger charge is -2.30. The molecule has 1 saturated heterocycles. The summed E-state index contributed by atoms with van der Waals surface area (Å²) in [5.74, 6) is 0.558. The van der Waals surface area contributed by atoms with Gasteiger partial charge in [-0.05, 0) is 20.3 Å². The minimum absolute atomic E-state index is 0.0228. The highest BCUT2D eigenvalue weighted by molar-refractivity contribution is 7.40. The van der Waals surface area contributed by atoms with Gasteiger partial charge in [0.15, 0.2) is 25.7 Å². The summed E-state index contributed by atoms with van der Waals surface area (Å²) in [4.78, 5) is 12.7. The standard InChI is InChI=1S/C18H30N5O5P/c1-6-10(2)29(26)28-18(3,4)7-11-13(24)14(25)17(27-11)23-9-22-12-15(19-5)20-8-21-16(12)23/h8-11,13-14,17,24-25,29H,6-7H2,1-5H3,(H,19,20,21)/t10?,11-,13?,14-,17+/m1/s1. The summed E-state index contributed by atoms with van der Waals surface area (Å²) in [5, 5.41) is 24.1. The Labute approximate surface area is 170 Å². The van der Waals surface area contributed by atoms with Crippen molar-refractivity contribution in [2.24, 2.45) is 0 Å². The molecule has 29 heavy (non-hydrogen) atoms. The number of ether oxygens (including phenoxy) is 1. The van der Waals surface area contributed by atoms with Crippen molar-refractivity contribution in [2.75, 3.05) is 12.4 Å². The van der Waals surface area contributed by atoms with Gasteiger partial charge in [0, 0.05) is 19.1 Å². The van der Waals surface area contributed by atoms with E-state index in [2.05, 4.69) is 20.3 Å². The highest BCUT2D eigenvalue weighted by atomic mass is 31.1. The number of fused-ring (bicyclic) bond motifs is 1. The van der Waals surface area contributed by atoms with Crippen molar-refractivity contribution in [3.05, 3.63) is 12.7 Å². The summed E-state index contributed by atoms with van der Waals surface area (Å²) in [6.45, 7) is 7.48. The maximum Gasteiger partial charge on any atom is 0.194 e. The second kappa shape index (κ2) is 8.65. The second-order valence-corrected chi connectivity index (χ2v) is 9.86. The summed E-state index contributed by atoms with van der Waals surface area (Å²) < 4.78 is 25.7. The second-order valence-electron chi connectivity index (χ2n) is 8.04. The van der Waals surface area contributed by atoms with Crippen molar-refractivity contribution in [2.45, 2.75) is 76.3 Å². The summed E-state index contributed by atoms with van der Waals surface area (Å²) in [6, 6.07) is 0. The number of aliphatic hydroxyl groups excluding tert-OH is 2. The van der Waals surface area contributed by atoms with Gasteiger partial charge in [0.05, 0.1) is 18.0 Å². The summed E-state index contributed by atoms with van der Waals surface area (Å²) in [7, 11) is -0.497. The molecule has 3 heterocycles. The molecule has 0 bridgehead atoms. The zero-order valence-corrected chi connectivity index (χ0v) is 18.4. The smallest absolute Gasteiger partial charge is 0.194 e. The molecule has 6 atom stereocenters. The predicted octanol–water partition coefficient (Wildman–Crippen LogP) is 1.95. The lowest BCUT2D eigenvalue weighted by Crippen LogP contribution is -2.36. The first-order chi connectivity index (χ1) is 13.7. The van der Waals surface area contributed by atoms with Gasteiger partial charge in [-0.1, -0.05) is 13.8 Å². The molecule has 1 aliphatic heterocycles. The molecule has 0 aliphatic carbocycles. The third-order valence-corrected chi connectivity index (χ3v) is 7.26. The average molecular weight is 427 g/mol. The molecule has 2 aromatic rings.